The van der Waals surface area contributed by atoms with Crippen molar-refractivity contribution in [1.29, 1.82) is 5.26 Å². The summed E-state index contributed by atoms with van der Waals surface area (Å²) in [6, 6.07) is 0. The minimum atomic E-state index is 1.09. The Kier molecular flexibility index (Phi) is 4.80. The lowest BCUT2D eigenvalue weighted by atomic mass is 10.6. The van der Waals surface area contributed by atoms with Crippen molar-refractivity contribution < 1.29 is 0 Å². The number of rotatable bonds is 2. The molecule has 36 valence electrons. The lowest BCUT2D eigenvalue weighted by Gasteiger charge is -1.65. The monoisotopic (exact) mass is 111 g/mol. The molecule has 0 saturated carbocycles. The van der Waals surface area contributed by atoms with Crippen molar-refractivity contribution in [2.75, 3.05) is 0 Å². The zero-order valence-corrected chi connectivity index (χ0v) is 4.61. The van der Waals surface area contributed by atoms with E-state index in [0.717, 1.165) is 11.8 Å². The smallest absolute Gasteiger partial charge is 0.137 e. The molecule has 0 rings (SSSR count). The number of thiocyanates is 1. The van der Waals surface area contributed by atoms with Crippen LogP contribution in [-0.4, -0.2) is 0 Å². The van der Waals surface area contributed by atoms with Crippen LogP contribution in [-0.2, 0) is 0 Å². The van der Waals surface area contributed by atoms with E-state index >= 15 is 0 Å². The third kappa shape index (κ3) is 5.32. The van der Waals surface area contributed by atoms with Gasteiger partial charge in [0, 0.05) is 0 Å². The molecule has 0 atom stereocenters. The summed E-state index contributed by atoms with van der Waals surface area (Å²) in [5.74, 6) is 0. The molecule has 0 aromatic rings. The average molecular weight is 111 g/mol. The zero-order chi connectivity index (χ0) is 5.54. The molecule has 0 radical (unpaired) electrons. The Hall–Kier alpha value is -0.680. The summed E-state index contributed by atoms with van der Waals surface area (Å²) in [7, 11) is 0. The first-order chi connectivity index (χ1) is 3.41. The van der Waals surface area contributed by atoms with E-state index in [4.69, 9.17) is 5.26 Å². The number of hydrogen-bond donors (Lipinski definition) is 0. The predicted octanol–water partition coefficient (Wildman–Crippen LogP) is 1.90. The van der Waals surface area contributed by atoms with Gasteiger partial charge in [0.05, 0.1) is 0 Å². The summed E-state index contributed by atoms with van der Waals surface area (Å²) >= 11 is 1.09. The van der Waals surface area contributed by atoms with Gasteiger partial charge in [-0.05, 0) is 17.2 Å². The highest BCUT2D eigenvalue weighted by Crippen LogP contribution is 1.95. The SMILES string of the molecule is C=CC=CSC#N. The second-order valence-corrected chi connectivity index (χ2v) is 1.46. The molecule has 2 heteroatoms. The van der Waals surface area contributed by atoms with Gasteiger partial charge in [-0.3, -0.25) is 0 Å². The Morgan fingerprint density at radius 2 is 2.43 bits per heavy atom. The Morgan fingerprint density at radius 1 is 1.71 bits per heavy atom. The van der Waals surface area contributed by atoms with Crippen molar-refractivity contribution in [2.24, 2.45) is 0 Å². The molecule has 0 fully saturated rings. The van der Waals surface area contributed by atoms with Crippen LogP contribution < -0.4 is 0 Å². The van der Waals surface area contributed by atoms with Crippen LogP contribution in [0.3, 0.4) is 0 Å². The first-order valence-corrected chi connectivity index (χ1v) is 2.62. The van der Waals surface area contributed by atoms with Gasteiger partial charge in [0.2, 0.25) is 0 Å². The summed E-state index contributed by atoms with van der Waals surface area (Å²) in [6.45, 7) is 3.42. The molecule has 0 saturated heterocycles. The molecule has 0 aliphatic carbocycles. The highest BCUT2D eigenvalue weighted by Gasteiger charge is 1.63. The van der Waals surface area contributed by atoms with Gasteiger partial charge < -0.3 is 0 Å². The maximum atomic E-state index is 7.92. The Morgan fingerprint density at radius 3 is 2.86 bits per heavy atom. The quantitative estimate of drug-likeness (QED) is 0.401. The Bertz CT molecular complexity index is 110. The van der Waals surface area contributed by atoms with Crippen molar-refractivity contribution in [2.45, 2.75) is 0 Å². The number of nitriles is 1. The van der Waals surface area contributed by atoms with E-state index in [9.17, 15) is 0 Å². The number of allylic oxidation sites excluding steroid dienone is 2. The van der Waals surface area contributed by atoms with Crippen LogP contribution in [0.25, 0.3) is 0 Å². The maximum Gasteiger partial charge on any atom is 0.137 e. The summed E-state index contributed by atoms with van der Waals surface area (Å²) in [5, 5.41) is 11.5. The van der Waals surface area contributed by atoms with Crippen LogP contribution in [0, 0.1) is 10.7 Å². The molecule has 0 bridgehead atoms. The summed E-state index contributed by atoms with van der Waals surface area (Å²) < 4.78 is 0. The van der Waals surface area contributed by atoms with E-state index in [0.29, 0.717) is 0 Å². The van der Waals surface area contributed by atoms with Gasteiger partial charge in [0.15, 0.2) is 0 Å². The van der Waals surface area contributed by atoms with E-state index < -0.39 is 0 Å². The fraction of sp³-hybridized carbons (Fsp3) is 0. The summed E-state index contributed by atoms with van der Waals surface area (Å²) in [4.78, 5) is 0. The Labute approximate surface area is 47.3 Å². The zero-order valence-electron chi connectivity index (χ0n) is 3.79. The van der Waals surface area contributed by atoms with Crippen molar-refractivity contribution in [3.63, 3.8) is 0 Å². The maximum absolute atomic E-state index is 7.92. The van der Waals surface area contributed by atoms with E-state index in [1.165, 1.54) is 0 Å². The molecule has 0 aromatic heterocycles. The number of nitrogens with zero attached hydrogens (tertiary/aromatic N) is 1. The minimum absolute atomic E-state index is 1.09. The van der Waals surface area contributed by atoms with Crippen LogP contribution in [0.15, 0.2) is 24.1 Å². The van der Waals surface area contributed by atoms with E-state index in [1.807, 2.05) is 5.40 Å². The van der Waals surface area contributed by atoms with Crippen LogP contribution >= 0.6 is 11.8 Å². The highest BCUT2D eigenvalue weighted by atomic mass is 32.2. The lowest BCUT2D eigenvalue weighted by molar-refractivity contribution is 1.57. The first kappa shape index (κ1) is 6.32. The van der Waals surface area contributed by atoms with Crippen LogP contribution in [0.5, 0.6) is 0 Å². The van der Waals surface area contributed by atoms with Crippen LogP contribution in [0.2, 0.25) is 0 Å². The molecular weight excluding hydrogens is 106 g/mol. The van der Waals surface area contributed by atoms with Crippen molar-refractivity contribution in [3.8, 4) is 5.40 Å². The second-order valence-electron chi connectivity index (χ2n) is 0.773. The average Bonchev–Trinajstić information content (AvgIpc) is 1.69. The van der Waals surface area contributed by atoms with Crippen molar-refractivity contribution in [1.82, 2.24) is 0 Å². The van der Waals surface area contributed by atoms with Gasteiger partial charge in [-0.1, -0.05) is 18.7 Å². The molecule has 0 heterocycles. The molecule has 0 unspecified atom stereocenters. The van der Waals surface area contributed by atoms with Gasteiger partial charge in [0.1, 0.15) is 5.40 Å². The highest BCUT2D eigenvalue weighted by molar-refractivity contribution is 8.06. The number of thioether (sulfide) groups is 1. The van der Waals surface area contributed by atoms with E-state index in [1.54, 1.807) is 17.6 Å². The van der Waals surface area contributed by atoms with E-state index in [2.05, 4.69) is 6.58 Å². The largest absolute Gasteiger partial charge is 0.185 e. The van der Waals surface area contributed by atoms with Gasteiger partial charge in [-0.2, -0.15) is 5.26 Å². The lowest BCUT2D eigenvalue weighted by Crippen LogP contribution is -1.39. The van der Waals surface area contributed by atoms with Crippen molar-refractivity contribution in [3.05, 3.63) is 24.1 Å². The molecule has 0 aliphatic heterocycles. The number of hydrogen-bond acceptors (Lipinski definition) is 2. The van der Waals surface area contributed by atoms with Crippen molar-refractivity contribution >= 4 is 11.8 Å². The fourth-order valence-corrected chi connectivity index (χ4v) is 0.376. The molecule has 0 aromatic carbocycles. The second kappa shape index (κ2) is 5.32. The molecule has 0 aliphatic rings. The fourth-order valence-electron chi connectivity index (χ4n) is 0.125. The summed E-state index contributed by atoms with van der Waals surface area (Å²) in [5.41, 5.74) is 0. The topological polar surface area (TPSA) is 23.8 Å². The summed E-state index contributed by atoms with van der Waals surface area (Å²) in [6.07, 6.45) is 3.35. The van der Waals surface area contributed by atoms with Crippen LogP contribution in [0.1, 0.15) is 0 Å². The first-order valence-electron chi connectivity index (χ1n) is 1.74. The Balaban J connectivity index is 3.13. The van der Waals surface area contributed by atoms with Gasteiger partial charge in [-0.25, -0.2) is 0 Å². The van der Waals surface area contributed by atoms with Crippen LogP contribution in [0.4, 0.5) is 0 Å². The third-order valence-corrected chi connectivity index (χ3v) is 0.734. The predicted molar refractivity (Wildman–Crippen MR) is 32.5 cm³/mol. The minimum Gasteiger partial charge on any atom is -0.185 e. The van der Waals surface area contributed by atoms with E-state index in [-0.39, 0.29) is 0 Å². The molecular formula is C5H5NS. The van der Waals surface area contributed by atoms with Gasteiger partial charge in [-0.15, -0.1) is 0 Å². The normalized spacial score (nSPS) is 8.43. The molecule has 0 spiro atoms. The molecule has 1 nitrogen and oxygen atoms in total. The molecule has 7 heavy (non-hydrogen) atoms. The standard InChI is InChI=1S/C5H5NS/c1-2-3-4-7-5-6/h2-4H,1H2. The molecule has 0 N–H and O–H groups in total. The van der Waals surface area contributed by atoms with Gasteiger partial charge in [0.25, 0.3) is 0 Å². The van der Waals surface area contributed by atoms with Gasteiger partial charge >= 0.3 is 0 Å². The third-order valence-electron chi connectivity index (χ3n) is 0.335. The molecule has 0 amide bonds.